The molecular weight excluding hydrogens is 252 g/mol. The van der Waals surface area contributed by atoms with Crippen molar-refractivity contribution >= 4 is 10.0 Å². The maximum Gasteiger partial charge on any atom is 0.212 e. The normalized spacial score (nSPS) is 14.0. The molecule has 1 aromatic heterocycles. The zero-order valence-corrected chi connectivity index (χ0v) is 11.9. The van der Waals surface area contributed by atoms with E-state index < -0.39 is 10.0 Å². The molecule has 1 unspecified atom stereocenters. The number of aromatic nitrogens is 2. The van der Waals surface area contributed by atoms with Crippen LogP contribution in [-0.4, -0.2) is 36.7 Å². The van der Waals surface area contributed by atoms with Crippen LogP contribution in [0.3, 0.4) is 0 Å². The van der Waals surface area contributed by atoms with Crippen LogP contribution in [-0.2, 0) is 10.0 Å². The SMILES string of the molecule is CC(C)NCCCS(=O)(=O)NC(C)c1ncc[nH]1. The first-order valence-corrected chi connectivity index (χ1v) is 7.78. The average Bonchev–Trinajstić information content (AvgIpc) is 2.77. The predicted molar refractivity (Wildman–Crippen MR) is 71.7 cm³/mol. The fraction of sp³-hybridized carbons (Fsp3) is 0.727. The summed E-state index contributed by atoms with van der Waals surface area (Å²) in [6.07, 6.45) is 3.87. The number of nitrogens with zero attached hydrogens (tertiary/aromatic N) is 1. The zero-order chi connectivity index (χ0) is 13.6. The average molecular weight is 274 g/mol. The summed E-state index contributed by atoms with van der Waals surface area (Å²) in [5, 5.41) is 3.19. The first-order valence-electron chi connectivity index (χ1n) is 6.13. The van der Waals surface area contributed by atoms with Crippen LogP contribution in [0.25, 0.3) is 0 Å². The van der Waals surface area contributed by atoms with Gasteiger partial charge in [0.25, 0.3) is 0 Å². The minimum absolute atomic E-state index is 0.123. The van der Waals surface area contributed by atoms with E-state index in [2.05, 4.69) is 20.0 Å². The van der Waals surface area contributed by atoms with Crippen LogP contribution in [0.4, 0.5) is 0 Å². The van der Waals surface area contributed by atoms with E-state index in [1.165, 1.54) is 0 Å². The number of aromatic amines is 1. The Labute approximate surface area is 109 Å². The predicted octanol–water partition coefficient (Wildman–Crippen LogP) is 0.778. The van der Waals surface area contributed by atoms with Gasteiger partial charge < -0.3 is 10.3 Å². The molecule has 3 N–H and O–H groups in total. The Hall–Kier alpha value is -0.920. The lowest BCUT2D eigenvalue weighted by Gasteiger charge is -2.12. The molecule has 0 amide bonds. The molecule has 1 aromatic rings. The van der Waals surface area contributed by atoms with Crippen molar-refractivity contribution in [2.75, 3.05) is 12.3 Å². The number of rotatable bonds is 8. The van der Waals surface area contributed by atoms with Crippen molar-refractivity contribution in [1.82, 2.24) is 20.0 Å². The van der Waals surface area contributed by atoms with Crippen molar-refractivity contribution in [3.05, 3.63) is 18.2 Å². The summed E-state index contributed by atoms with van der Waals surface area (Å²) in [5.74, 6) is 0.747. The van der Waals surface area contributed by atoms with Crippen molar-refractivity contribution < 1.29 is 8.42 Å². The van der Waals surface area contributed by atoms with Gasteiger partial charge in [0, 0.05) is 18.4 Å². The third-order valence-corrected chi connectivity index (χ3v) is 3.97. The molecule has 1 atom stereocenters. The molecule has 0 bridgehead atoms. The first kappa shape index (κ1) is 15.1. The quantitative estimate of drug-likeness (QED) is 0.611. The number of sulfonamides is 1. The van der Waals surface area contributed by atoms with E-state index in [4.69, 9.17) is 0 Å². The maximum absolute atomic E-state index is 11.8. The highest BCUT2D eigenvalue weighted by Gasteiger charge is 2.16. The summed E-state index contributed by atoms with van der Waals surface area (Å²) in [5.41, 5.74) is 0. The molecule has 0 saturated carbocycles. The van der Waals surface area contributed by atoms with E-state index >= 15 is 0 Å². The molecule has 18 heavy (non-hydrogen) atoms. The minimum Gasteiger partial charge on any atom is -0.347 e. The van der Waals surface area contributed by atoms with E-state index in [-0.39, 0.29) is 11.8 Å². The Kier molecular flexibility index (Phi) is 5.77. The van der Waals surface area contributed by atoms with Gasteiger partial charge in [-0.1, -0.05) is 13.8 Å². The standard InChI is InChI=1S/C11H22N4O2S/c1-9(2)12-5-4-8-18(16,17)15-10(3)11-13-6-7-14-11/h6-7,9-10,12,15H,4-5,8H2,1-3H3,(H,13,14). The van der Waals surface area contributed by atoms with Crippen molar-refractivity contribution in [3.8, 4) is 0 Å². The van der Waals surface area contributed by atoms with E-state index in [0.29, 0.717) is 24.8 Å². The second-order valence-electron chi connectivity index (χ2n) is 4.60. The van der Waals surface area contributed by atoms with Gasteiger partial charge in [0.1, 0.15) is 5.82 Å². The van der Waals surface area contributed by atoms with E-state index in [1.54, 1.807) is 19.3 Å². The van der Waals surface area contributed by atoms with Crippen LogP contribution in [0.5, 0.6) is 0 Å². The summed E-state index contributed by atoms with van der Waals surface area (Å²) in [6.45, 7) is 6.54. The topological polar surface area (TPSA) is 86.9 Å². The van der Waals surface area contributed by atoms with Gasteiger partial charge in [-0.3, -0.25) is 0 Å². The van der Waals surface area contributed by atoms with Gasteiger partial charge in [0.15, 0.2) is 0 Å². The van der Waals surface area contributed by atoms with Gasteiger partial charge in [0.2, 0.25) is 10.0 Å². The largest absolute Gasteiger partial charge is 0.347 e. The molecule has 6 nitrogen and oxygen atoms in total. The molecule has 0 saturated heterocycles. The monoisotopic (exact) mass is 274 g/mol. The lowest BCUT2D eigenvalue weighted by Crippen LogP contribution is -2.32. The number of imidazole rings is 1. The highest BCUT2D eigenvalue weighted by molar-refractivity contribution is 7.89. The highest BCUT2D eigenvalue weighted by Crippen LogP contribution is 2.07. The Balaban J connectivity index is 2.35. The molecular formula is C11H22N4O2S. The van der Waals surface area contributed by atoms with Crippen LogP contribution < -0.4 is 10.0 Å². The third-order valence-electron chi connectivity index (χ3n) is 2.43. The number of hydrogen-bond acceptors (Lipinski definition) is 4. The summed E-state index contributed by atoms with van der Waals surface area (Å²) >= 11 is 0. The summed E-state index contributed by atoms with van der Waals surface area (Å²) in [7, 11) is -3.25. The van der Waals surface area contributed by atoms with Gasteiger partial charge >= 0.3 is 0 Å². The zero-order valence-electron chi connectivity index (χ0n) is 11.1. The van der Waals surface area contributed by atoms with E-state index in [9.17, 15) is 8.42 Å². The molecule has 0 fully saturated rings. The Morgan fingerprint density at radius 2 is 2.11 bits per heavy atom. The summed E-state index contributed by atoms with van der Waals surface area (Å²) in [6, 6.07) is 0.0470. The molecule has 1 rings (SSSR count). The molecule has 1 heterocycles. The second kappa shape index (κ2) is 6.86. The first-order chi connectivity index (χ1) is 8.41. The van der Waals surface area contributed by atoms with Gasteiger partial charge in [0.05, 0.1) is 11.8 Å². The van der Waals surface area contributed by atoms with Gasteiger partial charge in [-0.25, -0.2) is 18.1 Å². The second-order valence-corrected chi connectivity index (χ2v) is 6.47. The van der Waals surface area contributed by atoms with Crippen LogP contribution in [0.1, 0.15) is 39.1 Å². The van der Waals surface area contributed by atoms with E-state index in [0.717, 1.165) is 0 Å². The van der Waals surface area contributed by atoms with E-state index in [1.807, 2.05) is 13.8 Å². The van der Waals surface area contributed by atoms with Crippen LogP contribution in [0.15, 0.2) is 12.4 Å². The molecule has 7 heteroatoms. The third kappa shape index (κ3) is 5.61. The van der Waals surface area contributed by atoms with Crippen molar-refractivity contribution in [1.29, 1.82) is 0 Å². The molecule has 104 valence electrons. The van der Waals surface area contributed by atoms with Gasteiger partial charge in [-0.2, -0.15) is 0 Å². The molecule has 0 aliphatic heterocycles. The molecule has 0 aliphatic carbocycles. The van der Waals surface area contributed by atoms with Crippen LogP contribution >= 0.6 is 0 Å². The minimum atomic E-state index is -3.25. The molecule has 0 aromatic carbocycles. The van der Waals surface area contributed by atoms with Gasteiger partial charge in [-0.15, -0.1) is 0 Å². The summed E-state index contributed by atoms with van der Waals surface area (Å²) in [4.78, 5) is 6.92. The molecule has 0 aliphatic rings. The number of hydrogen-bond donors (Lipinski definition) is 3. The lowest BCUT2D eigenvalue weighted by molar-refractivity contribution is 0.548. The summed E-state index contributed by atoms with van der Waals surface area (Å²) < 4.78 is 26.2. The Morgan fingerprint density at radius 1 is 1.39 bits per heavy atom. The fourth-order valence-corrected chi connectivity index (χ4v) is 2.84. The Morgan fingerprint density at radius 3 is 2.67 bits per heavy atom. The fourth-order valence-electron chi connectivity index (χ4n) is 1.55. The van der Waals surface area contributed by atoms with Crippen LogP contribution in [0, 0.1) is 0 Å². The highest BCUT2D eigenvalue weighted by atomic mass is 32.2. The maximum atomic E-state index is 11.8. The van der Waals surface area contributed by atoms with Crippen molar-refractivity contribution in [3.63, 3.8) is 0 Å². The van der Waals surface area contributed by atoms with Gasteiger partial charge in [-0.05, 0) is 19.9 Å². The number of nitrogens with one attached hydrogen (secondary N) is 3. The Bertz CT molecular complexity index is 428. The van der Waals surface area contributed by atoms with Crippen LogP contribution in [0.2, 0.25) is 0 Å². The lowest BCUT2D eigenvalue weighted by atomic mass is 10.3. The molecule has 0 radical (unpaired) electrons. The van der Waals surface area contributed by atoms with Crippen molar-refractivity contribution in [2.45, 2.75) is 39.3 Å². The number of H-pyrrole nitrogens is 1. The molecule has 0 spiro atoms. The van der Waals surface area contributed by atoms with Crippen molar-refractivity contribution in [2.24, 2.45) is 0 Å². The smallest absolute Gasteiger partial charge is 0.212 e.